The van der Waals surface area contributed by atoms with Gasteiger partial charge in [0, 0.05) is 6.61 Å². The summed E-state index contributed by atoms with van der Waals surface area (Å²) < 4.78 is 0. The van der Waals surface area contributed by atoms with Crippen LogP contribution in [0.25, 0.3) is 6.08 Å². The SMILES string of the molecule is Cc1cccc(C=CCCO)c1C. The van der Waals surface area contributed by atoms with Crippen molar-refractivity contribution in [2.75, 3.05) is 6.61 Å². The smallest absolute Gasteiger partial charge is 0.0465 e. The molecule has 0 atom stereocenters. The highest BCUT2D eigenvalue weighted by molar-refractivity contribution is 5.55. The molecule has 0 amide bonds. The van der Waals surface area contributed by atoms with E-state index in [9.17, 15) is 0 Å². The van der Waals surface area contributed by atoms with Gasteiger partial charge in [0.05, 0.1) is 0 Å². The molecule has 1 aromatic carbocycles. The number of aryl methyl sites for hydroxylation is 1. The van der Waals surface area contributed by atoms with Gasteiger partial charge in [-0.3, -0.25) is 0 Å². The summed E-state index contributed by atoms with van der Waals surface area (Å²) in [5.74, 6) is 0. The van der Waals surface area contributed by atoms with Gasteiger partial charge in [-0.05, 0) is 37.0 Å². The normalized spacial score (nSPS) is 11.0. The molecule has 1 N–H and O–H groups in total. The van der Waals surface area contributed by atoms with Gasteiger partial charge in [-0.15, -0.1) is 0 Å². The quantitative estimate of drug-likeness (QED) is 0.750. The minimum absolute atomic E-state index is 0.224. The first kappa shape index (κ1) is 10.0. The van der Waals surface area contributed by atoms with Gasteiger partial charge < -0.3 is 5.11 Å². The predicted octanol–water partition coefficient (Wildman–Crippen LogP) is 2.70. The Hall–Kier alpha value is -1.08. The van der Waals surface area contributed by atoms with E-state index in [2.05, 4.69) is 38.1 Å². The van der Waals surface area contributed by atoms with Crippen LogP contribution in [0.4, 0.5) is 0 Å². The summed E-state index contributed by atoms with van der Waals surface area (Å²) in [4.78, 5) is 0. The molecule has 0 spiro atoms. The van der Waals surface area contributed by atoms with E-state index in [1.807, 2.05) is 6.08 Å². The lowest BCUT2D eigenvalue weighted by molar-refractivity contribution is 0.303. The molecule has 0 fully saturated rings. The maximum Gasteiger partial charge on any atom is 0.0465 e. The summed E-state index contributed by atoms with van der Waals surface area (Å²) in [7, 11) is 0. The number of hydrogen-bond donors (Lipinski definition) is 1. The third kappa shape index (κ3) is 2.71. The van der Waals surface area contributed by atoms with Crippen LogP contribution < -0.4 is 0 Å². The molecule has 0 radical (unpaired) electrons. The first-order valence-corrected chi connectivity index (χ1v) is 4.59. The van der Waals surface area contributed by atoms with Gasteiger partial charge in [-0.25, -0.2) is 0 Å². The molecule has 0 saturated carbocycles. The van der Waals surface area contributed by atoms with E-state index in [1.165, 1.54) is 16.7 Å². The fraction of sp³-hybridized carbons (Fsp3) is 0.333. The molecule has 0 saturated heterocycles. The van der Waals surface area contributed by atoms with E-state index in [4.69, 9.17) is 5.11 Å². The first-order chi connectivity index (χ1) is 6.25. The first-order valence-electron chi connectivity index (χ1n) is 4.59. The molecule has 0 unspecified atom stereocenters. The Labute approximate surface area is 79.7 Å². The van der Waals surface area contributed by atoms with Gasteiger partial charge in [0.2, 0.25) is 0 Å². The van der Waals surface area contributed by atoms with Crippen molar-refractivity contribution < 1.29 is 5.11 Å². The molecule has 1 heteroatoms. The summed E-state index contributed by atoms with van der Waals surface area (Å²) in [5.41, 5.74) is 3.87. The third-order valence-corrected chi connectivity index (χ3v) is 2.24. The van der Waals surface area contributed by atoms with Gasteiger partial charge in [-0.2, -0.15) is 0 Å². The van der Waals surface area contributed by atoms with Crippen molar-refractivity contribution in [1.82, 2.24) is 0 Å². The molecule has 0 bridgehead atoms. The fourth-order valence-electron chi connectivity index (χ4n) is 1.24. The van der Waals surface area contributed by atoms with Crippen molar-refractivity contribution in [3.05, 3.63) is 41.0 Å². The number of hydrogen-bond acceptors (Lipinski definition) is 1. The van der Waals surface area contributed by atoms with E-state index in [0.717, 1.165) is 6.42 Å². The summed E-state index contributed by atoms with van der Waals surface area (Å²) in [6.45, 7) is 4.45. The fourth-order valence-corrected chi connectivity index (χ4v) is 1.24. The van der Waals surface area contributed by atoms with Gasteiger partial charge >= 0.3 is 0 Å². The van der Waals surface area contributed by atoms with Gasteiger partial charge in [-0.1, -0.05) is 30.4 Å². The number of aliphatic hydroxyl groups excluding tert-OH is 1. The molecule has 0 aliphatic carbocycles. The molecule has 0 aromatic heterocycles. The Bertz CT molecular complexity index is 300. The van der Waals surface area contributed by atoms with Crippen LogP contribution in [0.5, 0.6) is 0 Å². The van der Waals surface area contributed by atoms with Crippen LogP contribution in [0.15, 0.2) is 24.3 Å². The molecule has 1 rings (SSSR count). The van der Waals surface area contributed by atoms with Crippen LogP contribution >= 0.6 is 0 Å². The van der Waals surface area contributed by atoms with Crippen LogP contribution in [0, 0.1) is 13.8 Å². The third-order valence-electron chi connectivity index (χ3n) is 2.24. The van der Waals surface area contributed by atoms with E-state index in [0.29, 0.717) is 0 Å². The predicted molar refractivity (Wildman–Crippen MR) is 56.7 cm³/mol. The van der Waals surface area contributed by atoms with Crippen molar-refractivity contribution >= 4 is 6.08 Å². The highest BCUT2D eigenvalue weighted by Crippen LogP contribution is 2.14. The summed E-state index contributed by atoms with van der Waals surface area (Å²) in [6.07, 6.45) is 4.80. The second-order valence-corrected chi connectivity index (χ2v) is 3.20. The van der Waals surface area contributed by atoms with E-state index in [-0.39, 0.29) is 6.61 Å². The van der Waals surface area contributed by atoms with Crippen molar-refractivity contribution in [2.24, 2.45) is 0 Å². The van der Waals surface area contributed by atoms with Crippen LogP contribution in [0.3, 0.4) is 0 Å². The monoisotopic (exact) mass is 176 g/mol. The maximum atomic E-state index is 8.62. The Morgan fingerprint density at radius 1 is 1.31 bits per heavy atom. The summed E-state index contributed by atoms with van der Waals surface area (Å²) in [6, 6.07) is 6.26. The number of aliphatic hydroxyl groups is 1. The molecule has 0 aliphatic rings. The lowest BCUT2D eigenvalue weighted by Gasteiger charge is -2.03. The van der Waals surface area contributed by atoms with E-state index < -0.39 is 0 Å². The molecule has 70 valence electrons. The van der Waals surface area contributed by atoms with Gasteiger partial charge in [0.1, 0.15) is 0 Å². The molecule has 0 heterocycles. The van der Waals surface area contributed by atoms with Crippen LogP contribution in [0.2, 0.25) is 0 Å². The lowest BCUT2D eigenvalue weighted by atomic mass is 10.0. The Morgan fingerprint density at radius 3 is 2.77 bits per heavy atom. The van der Waals surface area contributed by atoms with Crippen LogP contribution in [-0.4, -0.2) is 11.7 Å². The molecular formula is C12H16O. The molecule has 1 nitrogen and oxygen atoms in total. The minimum atomic E-state index is 0.224. The number of rotatable bonds is 3. The van der Waals surface area contributed by atoms with Gasteiger partial charge in [0.15, 0.2) is 0 Å². The van der Waals surface area contributed by atoms with E-state index in [1.54, 1.807) is 0 Å². The van der Waals surface area contributed by atoms with Crippen molar-refractivity contribution in [1.29, 1.82) is 0 Å². The topological polar surface area (TPSA) is 20.2 Å². The average Bonchev–Trinajstić information content (AvgIpc) is 2.13. The average molecular weight is 176 g/mol. The molecule has 0 aliphatic heterocycles. The molecular weight excluding hydrogens is 160 g/mol. The summed E-state index contributed by atoms with van der Waals surface area (Å²) in [5, 5.41) is 8.62. The van der Waals surface area contributed by atoms with Crippen molar-refractivity contribution in [3.63, 3.8) is 0 Å². The molecule has 1 aromatic rings. The highest BCUT2D eigenvalue weighted by Gasteiger charge is 1.95. The second-order valence-electron chi connectivity index (χ2n) is 3.20. The van der Waals surface area contributed by atoms with Crippen LogP contribution in [-0.2, 0) is 0 Å². The van der Waals surface area contributed by atoms with Gasteiger partial charge in [0.25, 0.3) is 0 Å². The maximum absolute atomic E-state index is 8.62. The summed E-state index contributed by atoms with van der Waals surface area (Å²) >= 11 is 0. The highest BCUT2D eigenvalue weighted by atomic mass is 16.2. The zero-order valence-corrected chi connectivity index (χ0v) is 8.25. The zero-order valence-electron chi connectivity index (χ0n) is 8.25. The minimum Gasteiger partial charge on any atom is -0.396 e. The Kier molecular flexibility index (Phi) is 3.71. The zero-order chi connectivity index (χ0) is 9.68. The Balaban J connectivity index is 2.83. The Morgan fingerprint density at radius 2 is 2.08 bits per heavy atom. The van der Waals surface area contributed by atoms with Crippen molar-refractivity contribution in [2.45, 2.75) is 20.3 Å². The molecule has 13 heavy (non-hydrogen) atoms. The second kappa shape index (κ2) is 4.83. The standard InChI is InChI=1S/C12H16O/c1-10-6-5-8-12(11(10)2)7-3-4-9-13/h3,5-8,13H,4,9H2,1-2H3. The largest absolute Gasteiger partial charge is 0.396 e. The number of benzene rings is 1. The van der Waals surface area contributed by atoms with Crippen LogP contribution in [0.1, 0.15) is 23.1 Å². The van der Waals surface area contributed by atoms with E-state index >= 15 is 0 Å². The lowest BCUT2D eigenvalue weighted by Crippen LogP contribution is -1.84. The van der Waals surface area contributed by atoms with Crippen molar-refractivity contribution in [3.8, 4) is 0 Å².